The van der Waals surface area contributed by atoms with Crippen LogP contribution < -0.4 is 5.56 Å². The summed E-state index contributed by atoms with van der Waals surface area (Å²) < 4.78 is 8.96. The quantitative estimate of drug-likeness (QED) is 0.739. The third kappa shape index (κ3) is 3.23. The largest absolute Gasteiger partial charge is 0.374 e. The van der Waals surface area contributed by atoms with Crippen molar-refractivity contribution >= 4 is 11.0 Å². The van der Waals surface area contributed by atoms with E-state index in [0.29, 0.717) is 24.2 Å². The molecule has 0 saturated carbocycles. The Balaban J connectivity index is 1.95. The van der Waals surface area contributed by atoms with Gasteiger partial charge >= 0.3 is 0 Å². The Hall–Kier alpha value is -2.47. The number of aryl methyl sites for hydroxylation is 1. The summed E-state index contributed by atoms with van der Waals surface area (Å²) in [5.74, 6) is 0. The molecule has 2 aromatic heterocycles. The fourth-order valence-corrected chi connectivity index (χ4v) is 2.54. The Labute approximate surface area is 140 Å². The number of fused-ring (bicyclic) bond motifs is 1. The van der Waals surface area contributed by atoms with Crippen LogP contribution in [0.25, 0.3) is 16.7 Å². The molecule has 6 heteroatoms. The first kappa shape index (κ1) is 16.4. The van der Waals surface area contributed by atoms with E-state index in [1.165, 1.54) is 0 Å². The van der Waals surface area contributed by atoms with Crippen molar-refractivity contribution < 1.29 is 4.74 Å². The topological polar surface area (TPSA) is 61.9 Å². The second-order valence-corrected chi connectivity index (χ2v) is 6.78. The van der Waals surface area contributed by atoms with Gasteiger partial charge in [-0.15, -0.1) is 0 Å². The fourth-order valence-electron chi connectivity index (χ4n) is 2.54. The number of hydrogen-bond acceptors (Lipinski definition) is 4. The zero-order chi connectivity index (χ0) is 17.3. The van der Waals surface area contributed by atoms with Gasteiger partial charge in [-0.25, -0.2) is 9.67 Å². The summed E-state index contributed by atoms with van der Waals surface area (Å²) in [5.41, 5.74) is 2.25. The Morgan fingerprint density at radius 2 is 1.96 bits per heavy atom. The highest BCUT2D eigenvalue weighted by Gasteiger charge is 2.14. The highest BCUT2D eigenvalue weighted by atomic mass is 16.5. The lowest BCUT2D eigenvalue weighted by atomic mass is 10.2. The van der Waals surface area contributed by atoms with E-state index in [1.807, 2.05) is 52.0 Å². The van der Waals surface area contributed by atoms with Crippen LogP contribution in [0.3, 0.4) is 0 Å². The van der Waals surface area contributed by atoms with E-state index in [0.717, 1.165) is 11.3 Å². The Kier molecular flexibility index (Phi) is 4.24. The maximum absolute atomic E-state index is 12.6. The maximum Gasteiger partial charge on any atom is 0.264 e. The number of aromatic nitrogens is 4. The Morgan fingerprint density at radius 1 is 1.21 bits per heavy atom. The summed E-state index contributed by atoms with van der Waals surface area (Å²) >= 11 is 0. The monoisotopic (exact) mass is 326 g/mol. The van der Waals surface area contributed by atoms with Gasteiger partial charge in [0.15, 0.2) is 5.65 Å². The molecule has 0 aliphatic heterocycles. The summed E-state index contributed by atoms with van der Waals surface area (Å²) in [6, 6.07) is 7.89. The molecule has 0 aliphatic rings. The van der Waals surface area contributed by atoms with Crippen molar-refractivity contribution in [2.24, 2.45) is 0 Å². The van der Waals surface area contributed by atoms with Gasteiger partial charge in [0.2, 0.25) is 0 Å². The molecule has 0 spiro atoms. The molecule has 0 N–H and O–H groups in total. The molecule has 0 atom stereocenters. The van der Waals surface area contributed by atoms with E-state index >= 15 is 0 Å². The van der Waals surface area contributed by atoms with Crippen molar-refractivity contribution in [3.63, 3.8) is 0 Å². The van der Waals surface area contributed by atoms with Gasteiger partial charge in [-0.2, -0.15) is 5.10 Å². The van der Waals surface area contributed by atoms with Crippen LogP contribution in [0.5, 0.6) is 0 Å². The molecule has 126 valence electrons. The first-order valence-corrected chi connectivity index (χ1v) is 8.00. The van der Waals surface area contributed by atoms with Crippen molar-refractivity contribution in [2.75, 3.05) is 6.61 Å². The van der Waals surface area contributed by atoms with E-state index in [1.54, 1.807) is 21.8 Å². The molecular formula is C18H22N4O2. The zero-order valence-electron chi connectivity index (χ0n) is 14.5. The molecule has 3 rings (SSSR count). The van der Waals surface area contributed by atoms with Gasteiger partial charge in [0, 0.05) is 0 Å². The summed E-state index contributed by atoms with van der Waals surface area (Å²) in [6.07, 6.45) is 3.14. The lowest BCUT2D eigenvalue weighted by molar-refractivity contribution is -0.00717. The normalized spacial score (nSPS) is 12.0. The van der Waals surface area contributed by atoms with Gasteiger partial charge in [-0.05, 0) is 39.3 Å². The minimum absolute atomic E-state index is 0.0997. The van der Waals surface area contributed by atoms with Crippen LogP contribution in [0, 0.1) is 6.92 Å². The average molecular weight is 326 g/mol. The Morgan fingerprint density at radius 3 is 2.67 bits per heavy atom. The fraction of sp³-hybridized carbons (Fsp3) is 0.389. The first-order chi connectivity index (χ1) is 11.4. The molecule has 0 unspecified atom stereocenters. The van der Waals surface area contributed by atoms with Crippen LogP contribution >= 0.6 is 0 Å². The number of hydrogen-bond donors (Lipinski definition) is 0. The molecule has 0 saturated heterocycles. The van der Waals surface area contributed by atoms with Crippen molar-refractivity contribution in [3.8, 4) is 5.69 Å². The van der Waals surface area contributed by atoms with E-state index in [4.69, 9.17) is 4.74 Å². The third-order valence-corrected chi connectivity index (χ3v) is 3.77. The van der Waals surface area contributed by atoms with Crippen molar-refractivity contribution in [3.05, 3.63) is 52.7 Å². The molecule has 6 nitrogen and oxygen atoms in total. The van der Waals surface area contributed by atoms with Gasteiger partial charge in [0.25, 0.3) is 5.56 Å². The maximum atomic E-state index is 12.6. The Bertz CT molecular complexity index is 919. The van der Waals surface area contributed by atoms with Crippen molar-refractivity contribution in [1.82, 2.24) is 19.3 Å². The molecule has 0 amide bonds. The van der Waals surface area contributed by atoms with E-state index in [-0.39, 0.29) is 11.2 Å². The lowest BCUT2D eigenvalue weighted by Crippen LogP contribution is -2.26. The molecule has 0 radical (unpaired) electrons. The van der Waals surface area contributed by atoms with Crippen LogP contribution in [0.4, 0.5) is 0 Å². The van der Waals surface area contributed by atoms with Crippen molar-refractivity contribution in [2.45, 2.75) is 39.8 Å². The van der Waals surface area contributed by atoms with Gasteiger partial charge in [-0.3, -0.25) is 9.36 Å². The van der Waals surface area contributed by atoms with E-state index in [9.17, 15) is 4.79 Å². The smallest absolute Gasteiger partial charge is 0.264 e. The van der Waals surface area contributed by atoms with Gasteiger partial charge < -0.3 is 4.74 Å². The van der Waals surface area contributed by atoms with Crippen molar-refractivity contribution in [1.29, 1.82) is 0 Å². The predicted octanol–water partition coefficient (Wildman–Crippen LogP) is 2.71. The molecule has 24 heavy (non-hydrogen) atoms. The SMILES string of the molecule is Cc1ccccc1-n1ncc2c(=O)n(CCOC(C)(C)C)cnc21. The summed E-state index contributed by atoms with van der Waals surface area (Å²) in [6.45, 7) is 8.90. The molecule has 0 aliphatic carbocycles. The number of rotatable bonds is 4. The molecular weight excluding hydrogens is 304 g/mol. The van der Waals surface area contributed by atoms with Crippen LogP contribution in [0.2, 0.25) is 0 Å². The van der Waals surface area contributed by atoms with Crippen LogP contribution in [0.15, 0.2) is 41.6 Å². The summed E-state index contributed by atoms with van der Waals surface area (Å²) in [5, 5.41) is 4.87. The highest BCUT2D eigenvalue weighted by molar-refractivity contribution is 5.75. The lowest BCUT2D eigenvalue weighted by Gasteiger charge is -2.19. The average Bonchev–Trinajstić information content (AvgIpc) is 2.93. The zero-order valence-corrected chi connectivity index (χ0v) is 14.5. The molecule has 0 fully saturated rings. The number of nitrogens with zero attached hydrogens (tertiary/aromatic N) is 4. The highest BCUT2D eigenvalue weighted by Crippen LogP contribution is 2.17. The number of para-hydroxylation sites is 1. The second kappa shape index (κ2) is 6.20. The molecule has 2 heterocycles. The minimum atomic E-state index is -0.225. The van der Waals surface area contributed by atoms with Crippen LogP contribution in [-0.2, 0) is 11.3 Å². The standard InChI is InChI=1S/C18H22N4O2/c1-13-7-5-6-8-15(13)22-16-14(11-20-22)17(23)21(12-19-16)9-10-24-18(2,3)4/h5-8,11-12H,9-10H2,1-4H3. The second-order valence-electron chi connectivity index (χ2n) is 6.78. The van der Waals surface area contributed by atoms with Gasteiger partial charge in [0.1, 0.15) is 11.7 Å². The molecule has 1 aromatic carbocycles. The summed E-state index contributed by atoms with van der Waals surface area (Å²) in [7, 11) is 0. The summed E-state index contributed by atoms with van der Waals surface area (Å²) in [4.78, 5) is 17.1. The number of benzene rings is 1. The van der Waals surface area contributed by atoms with E-state index < -0.39 is 0 Å². The first-order valence-electron chi connectivity index (χ1n) is 8.00. The van der Waals surface area contributed by atoms with Crippen LogP contribution in [-0.4, -0.2) is 31.5 Å². The predicted molar refractivity (Wildman–Crippen MR) is 93.6 cm³/mol. The van der Waals surface area contributed by atoms with Gasteiger partial charge in [0.05, 0.1) is 30.6 Å². The van der Waals surface area contributed by atoms with Gasteiger partial charge in [-0.1, -0.05) is 18.2 Å². The molecule has 3 aromatic rings. The molecule has 0 bridgehead atoms. The number of ether oxygens (including phenoxy) is 1. The van der Waals surface area contributed by atoms with Crippen LogP contribution in [0.1, 0.15) is 26.3 Å². The van der Waals surface area contributed by atoms with E-state index in [2.05, 4.69) is 10.1 Å². The third-order valence-electron chi connectivity index (χ3n) is 3.77. The minimum Gasteiger partial charge on any atom is -0.374 e.